The van der Waals surface area contributed by atoms with Gasteiger partial charge in [0.1, 0.15) is 11.2 Å². The second-order valence-corrected chi connectivity index (χ2v) is 11.9. The first kappa shape index (κ1) is 21.4. The van der Waals surface area contributed by atoms with E-state index in [-0.39, 0.29) is 0 Å². The van der Waals surface area contributed by atoms with Gasteiger partial charge >= 0.3 is 0 Å². The van der Waals surface area contributed by atoms with Crippen LogP contribution in [-0.2, 0) is 0 Å². The Hall–Kier alpha value is -4.58. The summed E-state index contributed by atoms with van der Waals surface area (Å²) >= 11 is 3.61. The molecule has 3 nitrogen and oxygen atoms in total. The van der Waals surface area contributed by atoms with Crippen LogP contribution in [0.25, 0.3) is 84.8 Å². The van der Waals surface area contributed by atoms with Gasteiger partial charge in [-0.05, 0) is 60.2 Å². The van der Waals surface area contributed by atoms with Crippen LogP contribution in [0.15, 0.2) is 114 Å². The van der Waals surface area contributed by atoms with Crippen molar-refractivity contribution in [2.45, 2.75) is 0 Å². The number of aromatic nitrogens is 2. The topological polar surface area (TPSA) is 38.9 Å². The fourth-order valence-electron chi connectivity index (χ4n) is 5.78. The third-order valence-corrected chi connectivity index (χ3v) is 9.99. The Morgan fingerprint density at radius 2 is 1.18 bits per heavy atom. The van der Waals surface area contributed by atoms with Crippen molar-refractivity contribution in [3.63, 3.8) is 0 Å². The number of hydrogen-bond acceptors (Lipinski definition) is 5. The monoisotopic (exact) mass is 534 g/mol. The quantitative estimate of drug-likeness (QED) is 0.221. The molecule has 182 valence electrons. The summed E-state index contributed by atoms with van der Waals surface area (Å²) in [6.45, 7) is 0. The van der Waals surface area contributed by atoms with E-state index in [1.165, 1.54) is 46.1 Å². The Morgan fingerprint density at radius 3 is 2.03 bits per heavy atom. The number of hydrogen-bond donors (Lipinski definition) is 0. The van der Waals surface area contributed by atoms with Crippen molar-refractivity contribution in [1.82, 2.24) is 9.97 Å². The fraction of sp³-hybridized carbons (Fsp3) is 0. The first-order valence-corrected chi connectivity index (χ1v) is 14.4. The highest BCUT2D eigenvalue weighted by Gasteiger charge is 2.16. The molecule has 39 heavy (non-hydrogen) atoms. The minimum atomic E-state index is 0.885. The lowest BCUT2D eigenvalue weighted by Crippen LogP contribution is -1.83. The lowest BCUT2D eigenvalue weighted by atomic mass is 10.0. The van der Waals surface area contributed by atoms with Crippen LogP contribution in [0, 0.1) is 0 Å². The van der Waals surface area contributed by atoms with Crippen LogP contribution in [-0.4, -0.2) is 9.97 Å². The van der Waals surface area contributed by atoms with E-state index in [0.29, 0.717) is 0 Å². The molecule has 4 aromatic carbocycles. The number of benzene rings is 4. The van der Waals surface area contributed by atoms with E-state index in [2.05, 4.69) is 97.1 Å². The van der Waals surface area contributed by atoms with Crippen molar-refractivity contribution >= 4 is 85.1 Å². The van der Waals surface area contributed by atoms with Gasteiger partial charge in [0.05, 0.1) is 20.6 Å². The molecule has 9 aromatic rings. The lowest BCUT2D eigenvalue weighted by molar-refractivity contribution is 0.669. The zero-order chi connectivity index (χ0) is 25.5. The SMILES string of the molecule is c1ccc2c(c1)sc1c(-c3ccc4oc5ccc(-c6ccnc7c6sc6ccccc67)cc5c4c3)nccc12. The van der Waals surface area contributed by atoms with Crippen LogP contribution in [0.3, 0.4) is 0 Å². The second kappa shape index (κ2) is 7.96. The molecule has 0 fully saturated rings. The molecule has 0 aliphatic rings. The maximum absolute atomic E-state index is 6.28. The summed E-state index contributed by atoms with van der Waals surface area (Å²) in [4.78, 5) is 9.57. The lowest BCUT2D eigenvalue weighted by Gasteiger charge is -2.04. The van der Waals surface area contributed by atoms with Gasteiger partial charge in [0.25, 0.3) is 0 Å². The van der Waals surface area contributed by atoms with Gasteiger partial charge in [-0.3, -0.25) is 9.97 Å². The van der Waals surface area contributed by atoms with Gasteiger partial charge in [-0.2, -0.15) is 0 Å². The van der Waals surface area contributed by atoms with Gasteiger partial charge in [0.15, 0.2) is 0 Å². The number of fused-ring (bicyclic) bond motifs is 9. The van der Waals surface area contributed by atoms with E-state index in [0.717, 1.165) is 38.7 Å². The third-order valence-electron chi connectivity index (χ3n) is 7.61. The number of thiophene rings is 2. The molecule has 0 amide bonds. The van der Waals surface area contributed by atoms with Gasteiger partial charge in [-0.25, -0.2) is 0 Å². The zero-order valence-electron chi connectivity index (χ0n) is 20.5. The molecular formula is C34H18N2OS2. The maximum atomic E-state index is 6.28. The van der Waals surface area contributed by atoms with Crippen molar-refractivity contribution in [2.75, 3.05) is 0 Å². The van der Waals surface area contributed by atoms with Crippen molar-refractivity contribution in [2.24, 2.45) is 0 Å². The van der Waals surface area contributed by atoms with E-state index in [1.54, 1.807) is 22.7 Å². The Bertz CT molecular complexity index is 2240. The summed E-state index contributed by atoms with van der Waals surface area (Å²) in [5.74, 6) is 0. The fourth-order valence-corrected chi connectivity index (χ4v) is 8.19. The number of rotatable bonds is 2. The molecule has 9 rings (SSSR count). The van der Waals surface area contributed by atoms with Crippen LogP contribution in [0.2, 0.25) is 0 Å². The summed E-state index contributed by atoms with van der Waals surface area (Å²) in [5, 5.41) is 5.96. The zero-order valence-corrected chi connectivity index (χ0v) is 22.1. The highest BCUT2D eigenvalue weighted by molar-refractivity contribution is 7.26. The minimum Gasteiger partial charge on any atom is -0.456 e. The molecule has 0 atom stereocenters. The van der Waals surface area contributed by atoms with Crippen LogP contribution in [0.1, 0.15) is 0 Å². The Balaban J connectivity index is 1.26. The normalized spacial score (nSPS) is 12.1. The van der Waals surface area contributed by atoms with Gasteiger partial charge in [0.2, 0.25) is 0 Å². The molecule has 0 saturated heterocycles. The smallest absolute Gasteiger partial charge is 0.135 e. The van der Waals surface area contributed by atoms with Gasteiger partial charge in [-0.1, -0.05) is 42.5 Å². The molecule has 5 heteroatoms. The Morgan fingerprint density at radius 1 is 0.513 bits per heavy atom. The molecule has 0 bridgehead atoms. The summed E-state index contributed by atoms with van der Waals surface area (Å²) in [7, 11) is 0. The van der Waals surface area contributed by atoms with Crippen molar-refractivity contribution < 1.29 is 4.42 Å². The molecule has 0 spiro atoms. The summed E-state index contributed by atoms with van der Waals surface area (Å²) < 4.78 is 11.3. The van der Waals surface area contributed by atoms with E-state index in [9.17, 15) is 0 Å². The highest BCUT2D eigenvalue weighted by Crippen LogP contribution is 2.42. The van der Waals surface area contributed by atoms with Crippen molar-refractivity contribution in [3.05, 3.63) is 109 Å². The minimum absolute atomic E-state index is 0.885. The number of pyridine rings is 2. The standard InChI is InChI=1S/C34H18N2OS2/c1-3-7-29-22(5-1)23-14-16-35-31(34(23)38-29)20-10-12-28-26(18-20)25-17-19(9-11-27(25)37-28)21-13-15-36-32-24-6-2-4-8-30(24)39-33(21)32/h1-18H. The Kier molecular flexibility index (Phi) is 4.36. The molecule has 0 saturated carbocycles. The van der Waals surface area contributed by atoms with Gasteiger partial charge in [0, 0.05) is 59.9 Å². The Labute approximate surface area is 230 Å². The van der Waals surface area contributed by atoms with E-state index >= 15 is 0 Å². The van der Waals surface area contributed by atoms with E-state index in [1.807, 2.05) is 12.4 Å². The van der Waals surface area contributed by atoms with Crippen LogP contribution in [0.5, 0.6) is 0 Å². The van der Waals surface area contributed by atoms with Gasteiger partial charge in [-0.15, -0.1) is 22.7 Å². The molecule has 5 heterocycles. The molecule has 0 aliphatic heterocycles. The third kappa shape index (κ3) is 3.08. The van der Waals surface area contributed by atoms with Crippen LogP contribution < -0.4 is 0 Å². The van der Waals surface area contributed by atoms with Crippen LogP contribution in [0.4, 0.5) is 0 Å². The molecule has 0 aliphatic carbocycles. The predicted molar refractivity (Wildman–Crippen MR) is 166 cm³/mol. The molecule has 0 radical (unpaired) electrons. The highest BCUT2D eigenvalue weighted by atomic mass is 32.1. The summed E-state index contributed by atoms with van der Waals surface area (Å²) in [6, 6.07) is 34.3. The summed E-state index contributed by atoms with van der Waals surface area (Å²) in [6.07, 6.45) is 3.84. The van der Waals surface area contributed by atoms with Gasteiger partial charge < -0.3 is 4.42 Å². The number of furan rings is 1. The van der Waals surface area contributed by atoms with Crippen molar-refractivity contribution in [1.29, 1.82) is 0 Å². The first-order valence-electron chi connectivity index (χ1n) is 12.8. The maximum Gasteiger partial charge on any atom is 0.135 e. The first-order chi connectivity index (χ1) is 19.3. The van der Waals surface area contributed by atoms with Crippen LogP contribution >= 0.6 is 22.7 Å². The average Bonchev–Trinajstić information content (AvgIpc) is 3.67. The molecular weight excluding hydrogens is 517 g/mol. The van der Waals surface area contributed by atoms with E-state index < -0.39 is 0 Å². The van der Waals surface area contributed by atoms with E-state index in [4.69, 9.17) is 14.4 Å². The molecule has 0 unspecified atom stereocenters. The average molecular weight is 535 g/mol. The molecule has 5 aromatic heterocycles. The molecule has 0 N–H and O–H groups in total. The summed E-state index contributed by atoms with van der Waals surface area (Å²) in [5.41, 5.74) is 7.32. The largest absolute Gasteiger partial charge is 0.456 e. The predicted octanol–water partition coefficient (Wildman–Crippen LogP) is 10.4. The second-order valence-electron chi connectivity index (χ2n) is 9.79. The number of nitrogens with zero attached hydrogens (tertiary/aromatic N) is 2. The van der Waals surface area contributed by atoms with Crippen molar-refractivity contribution in [3.8, 4) is 22.4 Å².